The number of rotatable bonds is 4. The van der Waals surface area contributed by atoms with E-state index in [1.807, 2.05) is 0 Å². The molecule has 0 unspecified atom stereocenters. The second kappa shape index (κ2) is 11.2. The molecule has 0 saturated carbocycles. The van der Waals surface area contributed by atoms with Crippen LogP contribution in [0, 0.1) is 0 Å². The highest BCUT2D eigenvalue weighted by atomic mass is 15.2. The number of allylic oxidation sites excluding steroid dienone is 1. The fraction of sp³-hybridized carbons (Fsp3) is 0.154. The lowest BCUT2D eigenvalue weighted by molar-refractivity contribution is 0.639. The van der Waals surface area contributed by atoms with Gasteiger partial charge in [0, 0.05) is 49.9 Å². The Morgan fingerprint density at radius 1 is 0.500 bits per heavy atom. The van der Waals surface area contributed by atoms with Gasteiger partial charge >= 0.3 is 0 Å². The quantitative estimate of drug-likeness (QED) is 0.178. The van der Waals surface area contributed by atoms with Crippen molar-refractivity contribution in [1.29, 1.82) is 0 Å². The second-order valence-corrected chi connectivity index (χ2v) is 16.5. The number of nitrogens with zero attached hydrogens (tertiary/aromatic N) is 2. The maximum Gasteiger partial charge on any atom is 0.0537 e. The first-order valence-corrected chi connectivity index (χ1v) is 19.4. The average Bonchev–Trinajstić information content (AvgIpc) is 3.65. The molecule has 7 aromatic carbocycles. The summed E-state index contributed by atoms with van der Waals surface area (Å²) in [5.74, 6) is 0. The molecule has 11 rings (SSSR count). The van der Waals surface area contributed by atoms with E-state index in [0.29, 0.717) is 0 Å². The van der Waals surface area contributed by atoms with Gasteiger partial charge in [0.1, 0.15) is 0 Å². The van der Waals surface area contributed by atoms with Gasteiger partial charge in [-0.1, -0.05) is 131 Å². The van der Waals surface area contributed by atoms with Crippen molar-refractivity contribution in [3.63, 3.8) is 0 Å². The van der Waals surface area contributed by atoms with Gasteiger partial charge in [0.25, 0.3) is 0 Å². The summed E-state index contributed by atoms with van der Waals surface area (Å²) in [5, 5.41) is 3.97. The van der Waals surface area contributed by atoms with Crippen molar-refractivity contribution >= 4 is 39.1 Å². The topological polar surface area (TPSA) is 8.17 Å². The van der Waals surface area contributed by atoms with Gasteiger partial charge in [0.2, 0.25) is 0 Å². The number of para-hydroxylation sites is 3. The molecule has 2 heteroatoms. The molecule has 3 aliphatic rings. The van der Waals surface area contributed by atoms with E-state index in [1.54, 1.807) is 0 Å². The van der Waals surface area contributed by atoms with Gasteiger partial charge in [0.15, 0.2) is 0 Å². The fourth-order valence-corrected chi connectivity index (χ4v) is 10.3. The minimum Gasteiger partial charge on any atom is -0.314 e. The van der Waals surface area contributed by atoms with Crippen LogP contribution < -0.4 is 4.90 Å². The van der Waals surface area contributed by atoms with E-state index in [1.165, 1.54) is 100 Å². The van der Waals surface area contributed by atoms with Crippen LogP contribution in [0.15, 0.2) is 157 Å². The van der Waals surface area contributed by atoms with E-state index in [4.69, 9.17) is 0 Å². The zero-order valence-corrected chi connectivity index (χ0v) is 31.3. The maximum absolute atomic E-state index is 2.55. The first-order valence-electron chi connectivity index (χ1n) is 19.4. The van der Waals surface area contributed by atoms with Crippen LogP contribution in [0.4, 0.5) is 11.4 Å². The number of fused-ring (bicyclic) bond motifs is 8. The second-order valence-electron chi connectivity index (χ2n) is 16.5. The van der Waals surface area contributed by atoms with Crippen LogP contribution in [0.25, 0.3) is 55.7 Å². The third kappa shape index (κ3) is 4.23. The van der Waals surface area contributed by atoms with Gasteiger partial charge in [-0.2, -0.15) is 0 Å². The van der Waals surface area contributed by atoms with E-state index in [9.17, 15) is 0 Å². The van der Waals surface area contributed by atoms with Crippen LogP contribution in [-0.4, -0.2) is 4.57 Å². The zero-order chi connectivity index (χ0) is 36.3. The Labute approximate surface area is 317 Å². The van der Waals surface area contributed by atoms with Crippen molar-refractivity contribution in [2.45, 2.75) is 51.4 Å². The van der Waals surface area contributed by atoms with Crippen LogP contribution in [0.1, 0.15) is 67.6 Å². The minimum absolute atomic E-state index is 0.0544. The molecule has 260 valence electrons. The normalized spacial score (nSPS) is 15.7. The number of hydrogen-bond acceptors (Lipinski definition) is 1. The van der Waals surface area contributed by atoms with Gasteiger partial charge in [-0.3, -0.25) is 0 Å². The van der Waals surface area contributed by atoms with E-state index in [2.05, 4.69) is 195 Å². The Kier molecular flexibility index (Phi) is 6.51. The summed E-state index contributed by atoms with van der Waals surface area (Å²) in [6.07, 6.45) is 4.37. The lowest BCUT2D eigenvalue weighted by atomic mass is 9.67. The van der Waals surface area contributed by atoms with Crippen LogP contribution in [0.3, 0.4) is 0 Å². The van der Waals surface area contributed by atoms with E-state index >= 15 is 0 Å². The molecule has 0 saturated heterocycles. The van der Waals surface area contributed by atoms with Crippen LogP contribution >= 0.6 is 0 Å². The van der Waals surface area contributed by atoms with Gasteiger partial charge in [-0.25, -0.2) is 0 Å². The van der Waals surface area contributed by atoms with Gasteiger partial charge < -0.3 is 9.47 Å². The number of benzene rings is 7. The molecule has 0 bridgehead atoms. The van der Waals surface area contributed by atoms with Crippen LogP contribution in [-0.2, 0) is 17.3 Å². The Bertz CT molecular complexity index is 2870. The van der Waals surface area contributed by atoms with Crippen LogP contribution in [0.5, 0.6) is 0 Å². The predicted molar refractivity (Wildman–Crippen MR) is 227 cm³/mol. The minimum atomic E-state index is -0.174. The highest BCUT2D eigenvalue weighted by Gasteiger charge is 2.40. The van der Waals surface area contributed by atoms with E-state index < -0.39 is 0 Å². The molecule has 0 N–H and O–H groups in total. The first kappa shape index (κ1) is 31.4. The fourth-order valence-electron chi connectivity index (χ4n) is 10.3. The molecule has 1 aromatic heterocycles. The molecule has 0 aliphatic heterocycles. The summed E-state index contributed by atoms with van der Waals surface area (Å²) >= 11 is 0. The van der Waals surface area contributed by atoms with E-state index in [-0.39, 0.29) is 10.8 Å². The standard InChI is InChI=1S/C52H42N2/c1-51(2)43-23-13-11-20-36(43)40-31-46-41(32-45(40)51)38-27-29-48(39-22-15-24-44(50(38)39)52(46,3)4)53(33-16-7-5-8-17-33)35-26-28-49-42(30-35)37-21-12-14-25-47(37)54(49)34-18-9-6-10-19-34/h5-25,27,29-32H,26,28H2,1-4H3. The van der Waals surface area contributed by atoms with Crippen molar-refractivity contribution in [1.82, 2.24) is 4.57 Å². The lowest BCUT2D eigenvalue weighted by Gasteiger charge is -2.38. The molecular weight excluding hydrogens is 653 g/mol. The summed E-state index contributed by atoms with van der Waals surface area (Å²) in [6, 6.07) is 56.6. The molecule has 3 aliphatic carbocycles. The molecule has 0 amide bonds. The Hall–Kier alpha value is -6.12. The smallest absolute Gasteiger partial charge is 0.0537 e. The number of hydrogen-bond donors (Lipinski definition) is 0. The molecule has 8 aromatic rings. The Morgan fingerprint density at radius 2 is 1.13 bits per heavy atom. The Balaban J connectivity index is 1.14. The average molecular weight is 695 g/mol. The van der Waals surface area contributed by atoms with Gasteiger partial charge in [-0.15, -0.1) is 0 Å². The largest absolute Gasteiger partial charge is 0.314 e. The van der Waals surface area contributed by atoms with Crippen molar-refractivity contribution < 1.29 is 0 Å². The molecule has 0 atom stereocenters. The summed E-state index contributed by atoms with van der Waals surface area (Å²) < 4.78 is 2.48. The highest BCUT2D eigenvalue weighted by Crippen LogP contribution is 2.56. The zero-order valence-electron chi connectivity index (χ0n) is 31.3. The van der Waals surface area contributed by atoms with E-state index in [0.717, 1.165) is 12.8 Å². The Morgan fingerprint density at radius 3 is 1.93 bits per heavy atom. The molecule has 54 heavy (non-hydrogen) atoms. The van der Waals surface area contributed by atoms with Gasteiger partial charge in [-0.05, 0) is 117 Å². The van der Waals surface area contributed by atoms with Gasteiger partial charge in [0.05, 0.1) is 11.2 Å². The monoisotopic (exact) mass is 694 g/mol. The summed E-state index contributed by atoms with van der Waals surface area (Å²) in [6.45, 7) is 9.64. The molecule has 0 spiro atoms. The first-order chi connectivity index (χ1) is 26.3. The summed E-state index contributed by atoms with van der Waals surface area (Å²) in [5.41, 5.74) is 19.8. The SMILES string of the molecule is CC1(C)c2ccccc2-c2cc3c(cc21)-c1ccc(N(C2=Cc4c(n(-c5ccccc5)c5ccccc45)CC2)c2ccccc2)c2cccc(c12)C3(C)C. The summed E-state index contributed by atoms with van der Waals surface area (Å²) in [7, 11) is 0. The summed E-state index contributed by atoms with van der Waals surface area (Å²) in [4.78, 5) is 2.55. The van der Waals surface area contributed by atoms with Crippen molar-refractivity contribution in [3.8, 4) is 27.9 Å². The highest BCUT2D eigenvalue weighted by molar-refractivity contribution is 6.10. The van der Waals surface area contributed by atoms with Crippen molar-refractivity contribution in [2.75, 3.05) is 4.90 Å². The maximum atomic E-state index is 2.55. The predicted octanol–water partition coefficient (Wildman–Crippen LogP) is 13.5. The van der Waals surface area contributed by atoms with Crippen molar-refractivity contribution in [2.24, 2.45) is 0 Å². The third-order valence-electron chi connectivity index (χ3n) is 12.9. The van der Waals surface area contributed by atoms with Crippen LogP contribution in [0.2, 0.25) is 0 Å². The molecule has 2 nitrogen and oxygen atoms in total. The number of aromatic nitrogens is 1. The third-order valence-corrected chi connectivity index (χ3v) is 12.9. The molecule has 0 radical (unpaired) electrons. The molecule has 0 fully saturated rings. The van der Waals surface area contributed by atoms with Crippen molar-refractivity contribution in [3.05, 3.63) is 191 Å². The molecule has 1 heterocycles. The number of anilines is 2. The molecular formula is C52H42N2. The lowest BCUT2D eigenvalue weighted by Crippen LogP contribution is -2.25.